The minimum atomic E-state index is -0.0651. The second-order valence-corrected chi connectivity index (χ2v) is 3.97. The Morgan fingerprint density at radius 3 is 2.67 bits per heavy atom. The summed E-state index contributed by atoms with van der Waals surface area (Å²) >= 11 is 5.68. The zero-order valence-corrected chi connectivity index (χ0v) is 9.07. The van der Waals surface area contributed by atoms with Crippen molar-refractivity contribution in [2.24, 2.45) is 0 Å². The molecule has 0 radical (unpaired) electrons. The van der Waals surface area contributed by atoms with Crippen LogP contribution in [-0.2, 0) is 0 Å². The number of halogens is 1. The molecule has 2 heterocycles. The maximum atomic E-state index is 11.9. The molecule has 1 aliphatic rings. The van der Waals surface area contributed by atoms with Crippen molar-refractivity contribution in [1.82, 2.24) is 14.9 Å². The van der Waals surface area contributed by atoms with Crippen LogP contribution in [0.15, 0.2) is 12.4 Å². The summed E-state index contributed by atoms with van der Waals surface area (Å²) < 4.78 is 0. The van der Waals surface area contributed by atoms with Gasteiger partial charge in [0.25, 0.3) is 5.91 Å². The van der Waals surface area contributed by atoms with Gasteiger partial charge in [0, 0.05) is 13.1 Å². The number of carbonyl (C=O) groups is 1. The first-order valence-corrected chi connectivity index (χ1v) is 5.42. The lowest BCUT2D eigenvalue weighted by atomic mass is 10.1. The van der Waals surface area contributed by atoms with E-state index in [9.17, 15) is 4.79 Å². The average Bonchev–Trinajstić information content (AvgIpc) is 2.29. The lowest BCUT2D eigenvalue weighted by Gasteiger charge is -2.26. The Morgan fingerprint density at radius 1 is 1.27 bits per heavy atom. The van der Waals surface area contributed by atoms with Crippen LogP contribution in [0.25, 0.3) is 0 Å². The normalized spacial score (nSPS) is 16.5. The molecule has 0 saturated carbocycles. The van der Waals surface area contributed by atoms with E-state index in [2.05, 4.69) is 9.97 Å². The Balaban J connectivity index is 2.12. The number of likely N-dealkylation sites (tertiary alicyclic amines) is 1. The van der Waals surface area contributed by atoms with E-state index in [1.54, 1.807) is 0 Å². The molecule has 1 aromatic heterocycles. The summed E-state index contributed by atoms with van der Waals surface area (Å²) in [5.74, 6) is -0.0651. The summed E-state index contributed by atoms with van der Waals surface area (Å²) in [5.41, 5.74) is 0.337. The number of carbonyl (C=O) groups excluding carboxylic acids is 1. The summed E-state index contributed by atoms with van der Waals surface area (Å²) in [7, 11) is 0. The quantitative estimate of drug-likeness (QED) is 0.732. The van der Waals surface area contributed by atoms with E-state index in [4.69, 9.17) is 11.6 Å². The number of aromatic nitrogens is 2. The van der Waals surface area contributed by atoms with Crippen molar-refractivity contribution < 1.29 is 4.79 Å². The first-order chi connectivity index (χ1) is 7.27. The molecule has 0 atom stereocenters. The number of nitrogens with zero attached hydrogens (tertiary/aromatic N) is 3. The van der Waals surface area contributed by atoms with Gasteiger partial charge in [-0.15, -0.1) is 0 Å². The minimum absolute atomic E-state index is 0.0651. The molecule has 2 rings (SSSR count). The molecule has 1 saturated heterocycles. The predicted octanol–water partition coefficient (Wildman–Crippen LogP) is 1.76. The van der Waals surface area contributed by atoms with Crippen LogP contribution < -0.4 is 0 Å². The minimum Gasteiger partial charge on any atom is -0.337 e. The van der Waals surface area contributed by atoms with Gasteiger partial charge in [0.1, 0.15) is 10.8 Å². The van der Waals surface area contributed by atoms with E-state index in [-0.39, 0.29) is 11.1 Å². The molecule has 0 aliphatic carbocycles. The zero-order valence-electron chi connectivity index (χ0n) is 8.32. The summed E-state index contributed by atoms with van der Waals surface area (Å²) in [4.78, 5) is 21.5. The highest BCUT2D eigenvalue weighted by Gasteiger charge is 2.19. The molecule has 0 unspecified atom stereocenters. The van der Waals surface area contributed by atoms with Crippen LogP contribution in [0.2, 0.25) is 5.15 Å². The van der Waals surface area contributed by atoms with Crippen LogP contribution in [-0.4, -0.2) is 33.9 Å². The molecular weight excluding hydrogens is 214 g/mol. The van der Waals surface area contributed by atoms with E-state index in [0.29, 0.717) is 5.69 Å². The number of hydrogen-bond acceptors (Lipinski definition) is 3. The molecular formula is C10H12ClN3O. The maximum absolute atomic E-state index is 11.9. The molecule has 4 nitrogen and oxygen atoms in total. The van der Waals surface area contributed by atoms with Crippen molar-refractivity contribution in [3.05, 3.63) is 23.2 Å². The Morgan fingerprint density at radius 2 is 2.00 bits per heavy atom. The molecule has 1 aliphatic heterocycles. The van der Waals surface area contributed by atoms with Crippen molar-refractivity contribution >= 4 is 17.5 Å². The third-order valence-electron chi connectivity index (χ3n) is 2.47. The van der Waals surface area contributed by atoms with Gasteiger partial charge in [0.15, 0.2) is 0 Å². The van der Waals surface area contributed by atoms with Crippen LogP contribution in [0.1, 0.15) is 29.8 Å². The number of piperidine rings is 1. The molecule has 1 aromatic rings. The molecule has 0 N–H and O–H groups in total. The Bertz CT molecular complexity index is 363. The van der Waals surface area contributed by atoms with Crippen LogP contribution in [0.3, 0.4) is 0 Å². The highest BCUT2D eigenvalue weighted by molar-refractivity contribution is 6.29. The fourth-order valence-corrected chi connectivity index (χ4v) is 1.85. The first-order valence-electron chi connectivity index (χ1n) is 5.04. The largest absolute Gasteiger partial charge is 0.337 e. The lowest BCUT2D eigenvalue weighted by molar-refractivity contribution is 0.0718. The molecule has 1 amide bonds. The predicted molar refractivity (Wildman–Crippen MR) is 56.8 cm³/mol. The molecule has 80 valence electrons. The molecule has 0 bridgehead atoms. The Kier molecular flexibility index (Phi) is 3.16. The average molecular weight is 226 g/mol. The van der Waals surface area contributed by atoms with Crippen molar-refractivity contribution in [1.29, 1.82) is 0 Å². The van der Waals surface area contributed by atoms with E-state index in [1.807, 2.05) is 4.90 Å². The summed E-state index contributed by atoms with van der Waals surface area (Å²) in [6, 6.07) is 0. The summed E-state index contributed by atoms with van der Waals surface area (Å²) in [6.07, 6.45) is 6.22. The van der Waals surface area contributed by atoms with E-state index in [0.717, 1.165) is 25.9 Å². The van der Waals surface area contributed by atoms with Crippen LogP contribution in [0.4, 0.5) is 0 Å². The van der Waals surface area contributed by atoms with Gasteiger partial charge in [-0.1, -0.05) is 11.6 Å². The monoisotopic (exact) mass is 225 g/mol. The zero-order chi connectivity index (χ0) is 10.7. The van der Waals surface area contributed by atoms with Gasteiger partial charge in [0.05, 0.1) is 12.4 Å². The summed E-state index contributed by atoms with van der Waals surface area (Å²) in [6.45, 7) is 1.63. The number of hydrogen-bond donors (Lipinski definition) is 0. The van der Waals surface area contributed by atoms with Gasteiger partial charge >= 0.3 is 0 Å². The molecule has 5 heteroatoms. The second kappa shape index (κ2) is 4.57. The van der Waals surface area contributed by atoms with Crippen LogP contribution >= 0.6 is 11.6 Å². The van der Waals surface area contributed by atoms with Crippen molar-refractivity contribution in [2.75, 3.05) is 13.1 Å². The van der Waals surface area contributed by atoms with Gasteiger partial charge in [-0.05, 0) is 19.3 Å². The highest BCUT2D eigenvalue weighted by atomic mass is 35.5. The fourth-order valence-electron chi connectivity index (χ4n) is 1.70. The van der Waals surface area contributed by atoms with Gasteiger partial charge < -0.3 is 4.90 Å². The molecule has 1 fully saturated rings. The lowest BCUT2D eigenvalue weighted by Crippen LogP contribution is -2.36. The first kappa shape index (κ1) is 10.4. The van der Waals surface area contributed by atoms with Crippen LogP contribution in [0.5, 0.6) is 0 Å². The van der Waals surface area contributed by atoms with Gasteiger partial charge in [-0.2, -0.15) is 0 Å². The van der Waals surface area contributed by atoms with Crippen LogP contribution in [0, 0.1) is 0 Å². The third kappa shape index (κ3) is 2.45. The van der Waals surface area contributed by atoms with Crippen molar-refractivity contribution in [3.8, 4) is 0 Å². The topological polar surface area (TPSA) is 46.1 Å². The van der Waals surface area contributed by atoms with Crippen molar-refractivity contribution in [2.45, 2.75) is 19.3 Å². The molecule has 0 aromatic carbocycles. The van der Waals surface area contributed by atoms with E-state index in [1.165, 1.54) is 18.8 Å². The maximum Gasteiger partial charge on any atom is 0.274 e. The SMILES string of the molecule is O=C(c1cncc(Cl)n1)N1CCCCC1. The number of rotatable bonds is 1. The second-order valence-electron chi connectivity index (χ2n) is 3.58. The van der Waals surface area contributed by atoms with E-state index < -0.39 is 0 Å². The third-order valence-corrected chi connectivity index (χ3v) is 2.65. The summed E-state index contributed by atoms with van der Waals surface area (Å²) in [5, 5.41) is 0.262. The van der Waals surface area contributed by atoms with Gasteiger partial charge in [-0.25, -0.2) is 4.98 Å². The van der Waals surface area contributed by atoms with Gasteiger partial charge in [0.2, 0.25) is 0 Å². The number of amides is 1. The fraction of sp³-hybridized carbons (Fsp3) is 0.500. The molecule has 15 heavy (non-hydrogen) atoms. The standard InChI is InChI=1S/C10H12ClN3O/c11-9-7-12-6-8(13-9)10(15)14-4-2-1-3-5-14/h6-7H,1-5H2. The Labute approximate surface area is 93.3 Å². The van der Waals surface area contributed by atoms with Crippen molar-refractivity contribution in [3.63, 3.8) is 0 Å². The van der Waals surface area contributed by atoms with E-state index >= 15 is 0 Å². The Hall–Kier alpha value is -1.16. The highest BCUT2D eigenvalue weighted by Crippen LogP contribution is 2.12. The molecule has 0 spiro atoms. The van der Waals surface area contributed by atoms with Gasteiger partial charge in [-0.3, -0.25) is 9.78 Å². The smallest absolute Gasteiger partial charge is 0.274 e.